The van der Waals surface area contributed by atoms with Crippen LogP contribution in [0.15, 0.2) is 43.0 Å². The molecule has 0 saturated carbocycles. The second-order valence-electron chi connectivity index (χ2n) is 3.91. The van der Waals surface area contributed by atoms with Gasteiger partial charge in [0.05, 0.1) is 5.92 Å². The molecule has 0 aromatic heterocycles. The Morgan fingerprint density at radius 3 is 2.50 bits per heavy atom. The lowest BCUT2D eigenvalue weighted by molar-refractivity contribution is -0.139. The predicted molar refractivity (Wildman–Crippen MR) is 65.4 cm³/mol. The summed E-state index contributed by atoms with van der Waals surface area (Å²) in [5.74, 6) is -1.24. The van der Waals surface area contributed by atoms with E-state index in [2.05, 4.69) is 13.5 Å². The van der Waals surface area contributed by atoms with Gasteiger partial charge in [-0.05, 0) is 17.9 Å². The van der Waals surface area contributed by atoms with Crippen molar-refractivity contribution in [2.45, 2.75) is 25.7 Å². The Morgan fingerprint density at radius 1 is 1.44 bits per heavy atom. The molecule has 0 heterocycles. The summed E-state index contributed by atoms with van der Waals surface area (Å²) in [7, 11) is 0. The van der Waals surface area contributed by atoms with Gasteiger partial charge in [-0.15, -0.1) is 6.58 Å². The summed E-state index contributed by atoms with van der Waals surface area (Å²) in [6.45, 7) is 5.80. The van der Waals surface area contributed by atoms with Crippen LogP contribution in [0.2, 0.25) is 0 Å². The molecule has 1 aromatic rings. The SMILES string of the molecule is C=CC(CCC)C(C(=O)O)c1ccccc1. The van der Waals surface area contributed by atoms with E-state index in [-0.39, 0.29) is 5.92 Å². The van der Waals surface area contributed by atoms with Crippen LogP contribution < -0.4 is 0 Å². The number of carboxylic acids is 1. The minimum Gasteiger partial charge on any atom is -0.481 e. The average molecular weight is 218 g/mol. The monoisotopic (exact) mass is 218 g/mol. The predicted octanol–water partition coefficient (Wildman–Crippen LogP) is 3.46. The summed E-state index contributed by atoms with van der Waals surface area (Å²) in [5, 5.41) is 9.31. The van der Waals surface area contributed by atoms with Crippen LogP contribution in [0.25, 0.3) is 0 Å². The fraction of sp³-hybridized carbons (Fsp3) is 0.357. The van der Waals surface area contributed by atoms with Crippen LogP contribution in [-0.2, 0) is 4.79 Å². The minimum atomic E-state index is -0.774. The van der Waals surface area contributed by atoms with E-state index in [0.717, 1.165) is 18.4 Å². The highest BCUT2D eigenvalue weighted by molar-refractivity contribution is 5.76. The number of allylic oxidation sites excluding steroid dienone is 1. The molecule has 86 valence electrons. The van der Waals surface area contributed by atoms with E-state index >= 15 is 0 Å². The standard InChI is InChI=1S/C14H18O2/c1-3-8-11(4-2)13(14(15)16)12-9-6-5-7-10-12/h4-7,9-11,13H,2-3,8H2,1H3,(H,15,16). The third kappa shape index (κ3) is 2.96. The average Bonchev–Trinajstić information content (AvgIpc) is 2.29. The van der Waals surface area contributed by atoms with Gasteiger partial charge < -0.3 is 5.11 Å². The molecule has 0 fully saturated rings. The molecule has 1 aromatic carbocycles. The Hall–Kier alpha value is -1.57. The third-order valence-corrected chi connectivity index (χ3v) is 2.78. The van der Waals surface area contributed by atoms with Crippen LogP contribution in [0.5, 0.6) is 0 Å². The number of hydrogen-bond donors (Lipinski definition) is 1. The van der Waals surface area contributed by atoms with E-state index in [1.807, 2.05) is 30.3 Å². The number of carboxylic acid groups (broad SMARTS) is 1. The van der Waals surface area contributed by atoms with Gasteiger partial charge in [-0.2, -0.15) is 0 Å². The highest BCUT2D eigenvalue weighted by Gasteiger charge is 2.26. The van der Waals surface area contributed by atoms with E-state index < -0.39 is 11.9 Å². The third-order valence-electron chi connectivity index (χ3n) is 2.78. The van der Waals surface area contributed by atoms with Crippen LogP contribution in [0.4, 0.5) is 0 Å². The Bertz CT molecular complexity index is 343. The van der Waals surface area contributed by atoms with E-state index in [9.17, 15) is 9.90 Å². The van der Waals surface area contributed by atoms with Gasteiger partial charge in [0, 0.05) is 0 Å². The van der Waals surface area contributed by atoms with Crippen LogP contribution in [0.3, 0.4) is 0 Å². The molecule has 0 saturated heterocycles. The summed E-state index contributed by atoms with van der Waals surface area (Å²) in [6, 6.07) is 9.37. The molecular formula is C14H18O2. The molecule has 2 unspecified atom stereocenters. The molecule has 0 spiro atoms. The van der Waals surface area contributed by atoms with Crippen molar-refractivity contribution in [3.63, 3.8) is 0 Å². The maximum absolute atomic E-state index is 11.3. The summed E-state index contributed by atoms with van der Waals surface area (Å²) in [4.78, 5) is 11.3. The zero-order valence-corrected chi connectivity index (χ0v) is 9.60. The first kappa shape index (κ1) is 12.5. The molecule has 0 aliphatic rings. The number of hydrogen-bond acceptors (Lipinski definition) is 1. The molecule has 0 aliphatic heterocycles. The van der Waals surface area contributed by atoms with Gasteiger partial charge in [0.25, 0.3) is 0 Å². The van der Waals surface area contributed by atoms with E-state index in [4.69, 9.17) is 0 Å². The van der Waals surface area contributed by atoms with Crippen molar-refractivity contribution in [2.75, 3.05) is 0 Å². The lowest BCUT2D eigenvalue weighted by atomic mass is 9.83. The molecule has 16 heavy (non-hydrogen) atoms. The largest absolute Gasteiger partial charge is 0.481 e. The summed E-state index contributed by atoms with van der Waals surface area (Å²) in [6.07, 6.45) is 3.58. The van der Waals surface area contributed by atoms with Gasteiger partial charge in [-0.3, -0.25) is 4.79 Å². The fourth-order valence-electron chi connectivity index (χ4n) is 1.99. The van der Waals surface area contributed by atoms with Crippen LogP contribution in [-0.4, -0.2) is 11.1 Å². The first-order chi connectivity index (χ1) is 7.70. The molecule has 2 heteroatoms. The van der Waals surface area contributed by atoms with E-state index in [0.29, 0.717) is 0 Å². The normalized spacial score (nSPS) is 14.1. The van der Waals surface area contributed by atoms with Crippen molar-refractivity contribution in [2.24, 2.45) is 5.92 Å². The van der Waals surface area contributed by atoms with Crippen molar-refractivity contribution in [3.8, 4) is 0 Å². The van der Waals surface area contributed by atoms with Gasteiger partial charge in [0.2, 0.25) is 0 Å². The highest BCUT2D eigenvalue weighted by atomic mass is 16.4. The summed E-state index contributed by atoms with van der Waals surface area (Å²) >= 11 is 0. The zero-order chi connectivity index (χ0) is 12.0. The van der Waals surface area contributed by atoms with Gasteiger partial charge in [-0.1, -0.05) is 49.8 Å². The first-order valence-corrected chi connectivity index (χ1v) is 5.61. The summed E-state index contributed by atoms with van der Waals surface area (Å²) in [5.41, 5.74) is 0.855. The van der Waals surface area contributed by atoms with Crippen molar-refractivity contribution < 1.29 is 9.90 Å². The Labute approximate surface area is 96.6 Å². The molecule has 1 N–H and O–H groups in total. The summed E-state index contributed by atoms with van der Waals surface area (Å²) < 4.78 is 0. The van der Waals surface area contributed by atoms with Crippen LogP contribution in [0.1, 0.15) is 31.2 Å². The lowest BCUT2D eigenvalue weighted by Gasteiger charge is -2.20. The second-order valence-corrected chi connectivity index (χ2v) is 3.91. The molecule has 2 atom stereocenters. The van der Waals surface area contributed by atoms with E-state index in [1.165, 1.54) is 0 Å². The smallest absolute Gasteiger partial charge is 0.311 e. The quantitative estimate of drug-likeness (QED) is 0.742. The topological polar surface area (TPSA) is 37.3 Å². The Balaban J connectivity index is 2.99. The van der Waals surface area contributed by atoms with Crippen molar-refractivity contribution in [3.05, 3.63) is 48.6 Å². The Kier molecular flexibility index (Phi) is 4.77. The first-order valence-electron chi connectivity index (χ1n) is 5.61. The number of aliphatic carboxylic acids is 1. The lowest BCUT2D eigenvalue weighted by Crippen LogP contribution is -2.20. The minimum absolute atomic E-state index is 0.00454. The second kappa shape index (κ2) is 6.11. The number of rotatable bonds is 6. The molecular weight excluding hydrogens is 200 g/mol. The molecule has 0 radical (unpaired) electrons. The van der Waals surface area contributed by atoms with Crippen molar-refractivity contribution >= 4 is 5.97 Å². The van der Waals surface area contributed by atoms with Crippen molar-refractivity contribution in [1.82, 2.24) is 0 Å². The molecule has 0 aliphatic carbocycles. The van der Waals surface area contributed by atoms with Crippen LogP contribution >= 0.6 is 0 Å². The maximum atomic E-state index is 11.3. The molecule has 0 amide bonds. The zero-order valence-electron chi connectivity index (χ0n) is 9.60. The van der Waals surface area contributed by atoms with Gasteiger partial charge >= 0.3 is 5.97 Å². The molecule has 0 bridgehead atoms. The Morgan fingerprint density at radius 2 is 2.06 bits per heavy atom. The number of carbonyl (C=O) groups is 1. The number of benzene rings is 1. The maximum Gasteiger partial charge on any atom is 0.311 e. The van der Waals surface area contributed by atoms with E-state index in [1.54, 1.807) is 6.08 Å². The molecule has 1 rings (SSSR count). The highest BCUT2D eigenvalue weighted by Crippen LogP contribution is 2.29. The van der Waals surface area contributed by atoms with Gasteiger partial charge in [0.15, 0.2) is 0 Å². The van der Waals surface area contributed by atoms with Gasteiger partial charge in [-0.25, -0.2) is 0 Å². The fourth-order valence-corrected chi connectivity index (χ4v) is 1.99. The molecule has 2 nitrogen and oxygen atoms in total. The van der Waals surface area contributed by atoms with Crippen LogP contribution in [0, 0.1) is 5.92 Å². The van der Waals surface area contributed by atoms with Crippen molar-refractivity contribution in [1.29, 1.82) is 0 Å². The van der Waals surface area contributed by atoms with Gasteiger partial charge in [0.1, 0.15) is 0 Å².